The normalized spacial score (nSPS) is 10.8. The topological polar surface area (TPSA) is 43.8 Å². The third-order valence-electron chi connectivity index (χ3n) is 2.18. The maximum Gasteiger partial charge on any atom is 0.124 e. The molecule has 0 spiro atoms. The van der Waals surface area contributed by atoms with Gasteiger partial charge in [-0.05, 0) is 35.6 Å². The minimum absolute atomic E-state index is 0.737. The number of hydrogen-bond acceptors (Lipinski definition) is 3. The molecule has 0 unspecified atom stereocenters. The first kappa shape index (κ1) is 9.97. The van der Waals surface area contributed by atoms with Gasteiger partial charge in [0.2, 0.25) is 0 Å². The molecule has 0 aliphatic rings. The number of thiophene rings is 1. The molecule has 3 nitrogen and oxygen atoms in total. The second-order valence-corrected chi connectivity index (χ2v) is 5.93. The highest BCUT2D eigenvalue weighted by Gasteiger charge is 2.12. The molecule has 14 heavy (non-hydrogen) atoms. The zero-order chi connectivity index (χ0) is 10.3. The first-order valence-electron chi connectivity index (χ1n) is 4.13. The van der Waals surface area contributed by atoms with Crippen LogP contribution in [-0.2, 0) is 7.05 Å². The number of rotatable bonds is 1. The largest absolute Gasteiger partial charge is 0.384 e. The summed E-state index contributed by atoms with van der Waals surface area (Å²) in [6.07, 6.45) is 0. The van der Waals surface area contributed by atoms with Crippen LogP contribution in [0.1, 0.15) is 5.56 Å². The van der Waals surface area contributed by atoms with E-state index in [0.717, 1.165) is 22.6 Å². The molecule has 0 saturated heterocycles. The van der Waals surface area contributed by atoms with E-state index in [1.165, 1.54) is 2.88 Å². The molecule has 0 amide bonds. The van der Waals surface area contributed by atoms with E-state index in [9.17, 15) is 0 Å². The van der Waals surface area contributed by atoms with Crippen LogP contribution in [-0.4, -0.2) is 9.78 Å². The summed E-state index contributed by atoms with van der Waals surface area (Å²) in [6, 6.07) is 2.12. The first-order valence-corrected chi connectivity index (χ1v) is 6.09. The second kappa shape index (κ2) is 3.54. The van der Waals surface area contributed by atoms with E-state index in [4.69, 9.17) is 5.73 Å². The molecule has 0 saturated carbocycles. The van der Waals surface area contributed by atoms with Gasteiger partial charge in [0.15, 0.2) is 0 Å². The molecule has 0 aliphatic carbocycles. The third kappa shape index (κ3) is 1.54. The summed E-state index contributed by atoms with van der Waals surface area (Å²) in [6.45, 7) is 2.00. The van der Waals surface area contributed by atoms with Crippen molar-refractivity contribution in [3.8, 4) is 11.3 Å². The van der Waals surface area contributed by atoms with Crippen LogP contribution < -0.4 is 5.73 Å². The molecule has 2 aromatic rings. The molecule has 2 rings (SSSR count). The molecule has 74 valence electrons. The number of nitrogens with zero attached hydrogens (tertiary/aromatic N) is 2. The smallest absolute Gasteiger partial charge is 0.124 e. The van der Waals surface area contributed by atoms with Crippen LogP contribution in [0, 0.1) is 9.81 Å². The van der Waals surface area contributed by atoms with Crippen molar-refractivity contribution in [2.24, 2.45) is 7.05 Å². The van der Waals surface area contributed by atoms with Crippen molar-refractivity contribution in [1.29, 1.82) is 0 Å². The van der Waals surface area contributed by atoms with Gasteiger partial charge in [0.25, 0.3) is 0 Å². The van der Waals surface area contributed by atoms with Crippen LogP contribution in [0.3, 0.4) is 0 Å². The lowest BCUT2D eigenvalue weighted by atomic mass is 10.1. The van der Waals surface area contributed by atoms with E-state index >= 15 is 0 Å². The van der Waals surface area contributed by atoms with Crippen LogP contribution >= 0.6 is 33.9 Å². The van der Waals surface area contributed by atoms with E-state index in [1.54, 1.807) is 16.0 Å². The van der Waals surface area contributed by atoms with Gasteiger partial charge in [0, 0.05) is 23.6 Å². The Morgan fingerprint density at radius 1 is 1.57 bits per heavy atom. The van der Waals surface area contributed by atoms with Gasteiger partial charge in [-0.2, -0.15) is 5.10 Å². The quantitative estimate of drug-likeness (QED) is 0.821. The summed E-state index contributed by atoms with van der Waals surface area (Å²) in [5.74, 6) is 0.737. The molecule has 0 aliphatic heterocycles. The summed E-state index contributed by atoms with van der Waals surface area (Å²) in [7, 11) is 1.86. The first-order chi connectivity index (χ1) is 6.59. The summed E-state index contributed by atoms with van der Waals surface area (Å²) in [5.41, 5.74) is 9.05. The van der Waals surface area contributed by atoms with Crippen LogP contribution in [0.5, 0.6) is 0 Å². The van der Waals surface area contributed by atoms with Gasteiger partial charge in [-0.25, -0.2) is 0 Å². The average molecular weight is 319 g/mol. The number of halogens is 1. The number of nitrogen functional groups attached to an aromatic ring is 1. The van der Waals surface area contributed by atoms with Crippen molar-refractivity contribution >= 4 is 39.7 Å². The molecule has 0 radical (unpaired) electrons. The maximum atomic E-state index is 5.85. The van der Waals surface area contributed by atoms with Crippen molar-refractivity contribution in [3.05, 3.63) is 19.9 Å². The minimum Gasteiger partial charge on any atom is -0.384 e. The standard InChI is InChI=1S/C9H10IN3S/c1-5-8(12-13(2)9(5)11)6-3-7(10)14-4-6/h3-4H,11H2,1-2H3. The molecule has 2 N–H and O–H groups in total. The second-order valence-electron chi connectivity index (χ2n) is 3.12. The lowest BCUT2D eigenvalue weighted by Crippen LogP contribution is -1.97. The zero-order valence-electron chi connectivity index (χ0n) is 7.91. The molecule has 0 aromatic carbocycles. The van der Waals surface area contributed by atoms with Gasteiger partial charge in [0.05, 0.1) is 8.58 Å². The Hall–Kier alpha value is -0.560. The number of nitrogens with two attached hydrogens (primary N) is 1. The average Bonchev–Trinajstić information content (AvgIpc) is 2.66. The zero-order valence-corrected chi connectivity index (χ0v) is 10.9. The van der Waals surface area contributed by atoms with Crippen molar-refractivity contribution in [1.82, 2.24) is 9.78 Å². The van der Waals surface area contributed by atoms with Crippen molar-refractivity contribution in [3.63, 3.8) is 0 Å². The Morgan fingerprint density at radius 2 is 2.29 bits per heavy atom. The monoisotopic (exact) mass is 319 g/mol. The number of aryl methyl sites for hydroxylation is 1. The predicted octanol–water partition coefficient (Wildman–Crippen LogP) is 2.64. The van der Waals surface area contributed by atoms with Crippen LogP contribution in [0.4, 0.5) is 5.82 Å². The number of anilines is 1. The molecule has 2 heterocycles. The third-order valence-corrected chi connectivity index (χ3v) is 3.97. The van der Waals surface area contributed by atoms with Crippen molar-refractivity contribution in [2.75, 3.05) is 5.73 Å². The fraction of sp³-hybridized carbons (Fsp3) is 0.222. The van der Waals surface area contributed by atoms with Crippen molar-refractivity contribution in [2.45, 2.75) is 6.92 Å². The van der Waals surface area contributed by atoms with Crippen LogP contribution in [0.15, 0.2) is 11.4 Å². The summed E-state index contributed by atoms with van der Waals surface area (Å²) in [4.78, 5) is 0. The van der Waals surface area contributed by atoms with E-state index < -0.39 is 0 Å². The summed E-state index contributed by atoms with van der Waals surface area (Å²) in [5, 5.41) is 6.50. The van der Waals surface area contributed by atoms with Gasteiger partial charge < -0.3 is 5.73 Å². The Kier molecular flexibility index (Phi) is 2.52. The maximum absolute atomic E-state index is 5.85. The fourth-order valence-corrected chi connectivity index (χ4v) is 2.68. The highest BCUT2D eigenvalue weighted by molar-refractivity contribution is 14.1. The number of hydrogen-bond donors (Lipinski definition) is 1. The minimum atomic E-state index is 0.737. The van der Waals surface area contributed by atoms with Gasteiger partial charge in [0.1, 0.15) is 5.82 Å². The summed E-state index contributed by atoms with van der Waals surface area (Å²) < 4.78 is 2.98. The van der Waals surface area contributed by atoms with Crippen LogP contribution in [0.25, 0.3) is 11.3 Å². The van der Waals surface area contributed by atoms with Crippen molar-refractivity contribution < 1.29 is 0 Å². The number of aromatic nitrogens is 2. The molecule has 0 atom stereocenters. The molecule has 2 aromatic heterocycles. The lowest BCUT2D eigenvalue weighted by Gasteiger charge is -1.92. The van der Waals surface area contributed by atoms with E-state index in [2.05, 4.69) is 39.1 Å². The molecular weight excluding hydrogens is 309 g/mol. The van der Waals surface area contributed by atoms with Gasteiger partial charge in [-0.15, -0.1) is 11.3 Å². The molecule has 0 fully saturated rings. The Morgan fingerprint density at radius 3 is 2.71 bits per heavy atom. The van der Waals surface area contributed by atoms with E-state index in [-0.39, 0.29) is 0 Å². The van der Waals surface area contributed by atoms with Gasteiger partial charge in [-0.3, -0.25) is 4.68 Å². The van der Waals surface area contributed by atoms with E-state index in [1.807, 2.05) is 14.0 Å². The van der Waals surface area contributed by atoms with Gasteiger partial charge >= 0.3 is 0 Å². The Balaban J connectivity index is 2.57. The highest BCUT2D eigenvalue weighted by atomic mass is 127. The fourth-order valence-electron chi connectivity index (χ4n) is 1.35. The molecular formula is C9H10IN3S. The Bertz CT molecular complexity index is 472. The SMILES string of the molecule is Cc1c(-c2csc(I)c2)nn(C)c1N. The predicted molar refractivity (Wildman–Crippen MR) is 68.4 cm³/mol. The Labute approximate surface area is 100 Å². The van der Waals surface area contributed by atoms with E-state index in [0.29, 0.717) is 0 Å². The van der Waals surface area contributed by atoms with Crippen LogP contribution in [0.2, 0.25) is 0 Å². The highest BCUT2D eigenvalue weighted by Crippen LogP contribution is 2.29. The lowest BCUT2D eigenvalue weighted by molar-refractivity contribution is 0.782. The summed E-state index contributed by atoms with van der Waals surface area (Å²) >= 11 is 4.03. The molecule has 0 bridgehead atoms. The molecule has 5 heteroatoms. The van der Waals surface area contributed by atoms with Gasteiger partial charge in [-0.1, -0.05) is 0 Å².